The highest BCUT2D eigenvalue weighted by atomic mass is 32.2. The van der Waals surface area contributed by atoms with Crippen LogP contribution in [0.25, 0.3) is 33.4 Å². The topological polar surface area (TPSA) is 65.6 Å². The van der Waals surface area contributed by atoms with Gasteiger partial charge >= 0.3 is 0 Å². The van der Waals surface area contributed by atoms with Crippen molar-refractivity contribution in [2.45, 2.75) is 81.9 Å². The van der Waals surface area contributed by atoms with Crippen LogP contribution in [-0.4, -0.2) is 39.6 Å². The minimum atomic E-state index is -3.91. The van der Waals surface area contributed by atoms with Gasteiger partial charge in [-0.05, 0) is 99.7 Å². The van der Waals surface area contributed by atoms with Crippen LogP contribution in [0.5, 0.6) is 0 Å². The van der Waals surface area contributed by atoms with Crippen LogP contribution in [0.4, 0.5) is 17.1 Å². The molecule has 1 aliphatic heterocycles. The maximum absolute atomic E-state index is 14.6. The summed E-state index contributed by atoms with van der Waals surface area (Å²) in [6.45, 7) is 15.0. The first-order valence-electron chi connectivity index (χ1n) is 24.0. The van der Waals surface area contributed by atoms with Gasteiger partial charge in [0.25, 0.3) is 0 Å². The molecule has 0 radical (unpaired) electrons. The molecule has 9 heteroatoms. The number of sulfonamides is 1. The molecule has 68 heavy (non-hydrogen) atoms. The number of nitrogens with one attached hydrogen (secondary N) is 1. The second kappa shape index (κ2) is 22.7. The highest BCUT2D eigenvalue weighted by Gasteiger charge is 2.27. The largest absolute Gasteiger partial charge is 0.456 e. The Labute approximate surface area is 413 Å². The van der Waals surface area contributed by atoms with E-state index in [1.165, 1.54) is 43.4 Å². The summed E-state index contributed by atoms with van der Waals surface area (Å²) in [7, 11) is -3.91. The van der Waals surface area contributed by atoms with Crippen LogP contribution in [0.1, 0.15) is 61.8 Å². The number of aryl methyl sites for hydroxylation is 4. The average Bonchev–Trinajstić information content (AvgIpc) is 3.35. The van der Waals surface area contributed by atoms with Crippen molar-refractivity contribution in [1.82, 2.24) is 9.30 Å². The zero-order chi connectivity index (χ0) is 47.6. The van der Waals surface area contributed by atoms with E-state index in [1.807, 2.05) is 41.7 Å². The van der Waals surface area contributed by atoms with Gasteiger partial charge in [-0.2, -0.15) is 4.58 Å². The third-order valence-corrected chi connectivity index (χ3v) is 16.4. The van der Waals surface area contributed by atoms with E-state index in [9.17, 15) is 8.42 Å². The Morgan fingerprint density at radius 3 is 1.96 bits per heavy atom. The van der Waals surface area contributed by atoms with Gasteiger partial charge in [-0.3, -0.25) is 0 Å². The van der Waals surface area contributed by atoms with Gasteiger partial charge in [-0.15, -0.1) is 23.5 Å². The molecule has 0 aromatic heterocycles. The smallest absolute Gasteiger partial charge is 0.241 e. The molecule has 6 aromatic rings. The van der Waals surface area contributed by atoms with Crippen molar-refractivity contribution in [3.05, 3.63) is 185 Å². The maximum Gasteiger partial charge on any atom is 0.241 e. The number of fused-ring (bicyclic) bond motifs is 2. The summed E-state index contributed by atoms with van der Waals surface area (Å²) in [5.74, 6) is 2.68. The molecule has 350 valence electrons. The molecule has 1 heterocycles. The SMILES string of the molecule is CCCCC(CC)CNS(=O)(=O)c1ccccc1-c1c2ccc(=[N+](CCSc3ccccc3)c3c(C)cccc3C)cc-2oc2cc(N(CCSc3ccccc3)c3c(C)cccc3C)ccc12. The lowest BCUT2D eigenvalue weighted by atomic mass is 9.93. The lowest BCUT2D eigenvalue weighted by molar-refractivity contribution is 0.444. The molecule has 1 aliphatic carbocycles. The van der Waals surface area contributed by atoms with Gasteiger partial charge in [0.05, 0.1) is 16.7 Å². The molecule has 1 unspecified atom stereocenters. The van der Waals surface area contributed by atoms with Gasteiger partial charge < -0.3 is 9.32 Å². The molecule has 0 spiro atoms. The van der Waals surface area contributed by atoms with E-state index in [2.05, 4.69) is 189 Å². The third kappa shape index (κ3) is 11.3. The summed E-state index contributed by atoms with van der Waals surface area (Å²) in [5.41, 5.74) is 11.1. The van der Waals surface area contributed by atoms with E-state index in [1.54, 1.807) is 6.07 Å². The molecular formula is C59H64N3O3S3+. The van der Waals surface area contributed by atoms with Gasteiger partial charge in [-0.1, -0.05) is 124 Å². The number of para-hydroxylation sites is 2. The predicted octanol–water partition coefficient (Wildman–Crippen LogP) is 14.8. The number of benzene rings is 7. The number of hydrogen-bond donors (Lipinski definition) is 1. The Morgan fingerprint density at radius 1 is 0.662 bits per heavy atom. The number of hydrogen-bond acceptors (Lipinski definition) is 6. The van der Waals surface area contributed by atoms with E-state index < -0.39 is 10.0 Å². The lowest BCUT2D eigenvalue weighted by Crippen LogP contribution is -2.30. The normalized spacial score (nSPS) is 12.7. The standard InChI is InChI=1S/C59H64N3O3S3/c1-7-9-24-46(8-2)41-60-68(63,64)56-30-17-16-29-53(56)57-51-33-31-47(61(58-42(3)20-18-21-43(58)4)35-37-66-49-25-12-10-13-26-49)39-54(51)65-55-40-48(32-34-52(55)57)62(59-44(5)22-19-23-45(59)6)36-38-67-50-27-14-11-15-28-50/h10-23,25-34,39-40,46,60H,7-9,24,35-38,41H2,1-6H3/q+1. The Morgan fingerprint density at radius 2 is 1.29 bits per heavy atom. The summed E-state index contributed by atoms with van der Waals surface area (Å²) in [6.07, 6.45) is 4.06. The summed E-state index contributed by atoms with van der Waals surface area (Å²) in [6, 6.07) is 54.4. The van der Waals surface area contributed by atoms with Crippen LogP contribution < -0.4 is 19.6 Å². The van der Waals surface area contributed by atoms with Gasteiger partial charge in [-0.25, -0.2) is 13.1 Å². The Kier molecular flexibility index (Phi) is 16.3. The fraction of sp³-hybridized carbons (Fsp3) is 0.271. The van der Waals surface area contributed by atoms with Crippen LogP contribution in [0.15, 0.2) is 177 Å². The first kappa shape index (κ1) is 48.9. The van der Waals surface area contributed by atoms with E-state index in [4.69, 9.17) is 4.42 Å². The Hall–Kier alpha value is -5.58. The molecule has 1 atom stereocenters. The van der Waals surface area contributed by atoms with Gasteiger partial charge in [0.1, 0.15) is 11.3 Å². The van der Waals surface area contributed by atoms with Crippen LogP contribution >= 0.6 is 23.5 Å². The fourth-order valence-corrected chi connectivity index (χ4v) is 12.4. The van der Waals surface area contributed by atoms with E-state index in [0.29, 0.717) is 23.5 Å². The molecular weight excluding hydrogens is 895 g/mol. The van der Waals surface area contributed by atoms with E-state index >= 15 is 0 Å². The Bertz CT molecular complexity index is 3090. The highest BCUT2D eigenvalue weighted by molar-refractivity contribution is 7.99. The number of anilines is 2. The van der Waals surface area contributed by atoms with Crippen LogP contribution in [0, 0.1) is 33.6 Å². The minimum Gasteiger partial charge on any atom is -0.456 e. The lowest BCUT2D eigenvalue weighted by Gasteiger charge is -2.29. The maximum atomic E-state index is 14.6. The fourth-order valence-electron chi connectivity index (χ4n) is 9.40. The van der Waals surface area contributed by atoms with Gasteiger partial charge in [0, 0.05) is 85.3 Å². The first-order chi connectivity index (χ1) is 33.1. The Balaban J connectivity index is 1.33. The zero-order valence-corrected chi connectivity index (χ0v) is 42.7. The molecule has 0 saturated carbocycles. The zero-order valence-electron chi connectivity index (χ0n) is 40.3. The average molecular weight is 959 g/mol. The van der Waals surface area contributed by atoms with Crippen molar-refractivity contribution in [2.75, 3.05) is 36.0 Å². The molecule has 0 fully saturated rings. The van der Waals surface area contributed by atoms with Crippen molar-refractivity contribution >= 4 is 61.6 Å². The van der Waals surface area contributed by atoms with Crippen molar-refractivity contribution in [3.8, 4) is 22.5 Å². The van der Waals surface area contributed by atoms with Gasteiger partial charge in [0.15, 0.2) is 6.54 Å². The summed E-state index contributed by atoms with van der Waals surface area (Å²) in [5, 5.41) is 1.85. The van der Waals surface area contributed by atoms with Crippen molar-refractivity contribution in [1.29, 1.82) is 0 Å². The number of thioether (sulfide) groups is 2. The molecule has 0 saturated heterocycles. The van der Waals surface area contributed by atoms with Crippen LogP contribution in [-0.2, 0) is 10.0 Å². The van der Waals surface area contributed by atoms with E-state index in [-0.39, 0.29) is 10.8 Å². The number of nitrogens with zero attached hydrogens (tertiary/aromatic N) is 2. The quantitative estimate of drug-likeness (QED) is 0.0466. The summed E-state index contributed by atoms with van der Waals surface area (Å²) >= 11 is 3.69. The van der Waals surface area contributed by atoms with Crippen molar-refractivity contribution in [2.24, 2.45) is 5.92 Å². The van der Waals surface area contributed by atoms with Crippen LogP contribution in [0.3, 0.4) is 0 Å². The number of rotatable bonds is 20. The molecule has 6 nitrogen and oxygen atoms in total. The summed E-state index contributed by atoms with van der Waals surface area (Å²) < 4.78 is 41.8. The molecule has 0 bridgehead atoms. The van der Waals surface area contributed by atoms with Crippen LogP contribution in [0.2, 0.25) is 0 Å². The third-order valence-electron chi connectivity index (χ3n) is 12.9. The monoisotopic (exact) mass is 958 g/mol. The molecule has 8 rings (SSSR count). The second-order valence-electron chi connectivity index (χ2n) is 17.7. The van der Waals surface area contributed by atoms with Crippen molar-refractivity contribution < 1.29 is 12.8 Å². The number of unbranched alkanes of at least 4 members (excludes halogenated alkanes) is 1. The van der Waals surface area contributed by atoms with Gasteiger partial charge in [0.2, 0.25) is 21.1 Å². The minimum absolute atomic E-state index is 0.262. The first-order valence-corrected chi connectivity index (χ1v) is 27.5. The molecule has 0 amide bonds. The summed E-state index contributed by atoms with van der Waals surface area (Å²) in [4.78, 5) is 5.14. The van der Waals surface area contributed by atoms with Crippen molar-refractivity contribution in [3.63, 3.8) is 0 Å². The molecule has 6 aromatic carbocycles. The predicted molar refractivity (Wildman–Crippen MR) is 290 cm³/mol. The van der Waals surface area contributed by atoms with E-state index in [0.717, 1.165) is 77.8 Å². The molecule has 1 N–H and O–H groups in total. The second-order valence-corrected chi connectivity index (χ2v) is 21.8. The highest BCUT2D eigenvalue weighted by Crippen LogP contribution is 2.44. The molecule has 2 aliphatic rings.